The van der Waals surface area contributed by atoms with E-state index in [0.29, 0.717) is 32.2 Å². The second-order valence-electron chi connectivity index (χ2n) is 6.77. The van der Waals surface area contributed by atoms with Crippen LogP contribution < -0.4 is 10.2 Å². The van der Waals surface area contributed by atoms with Crippen LogP contribution in [0, 0.1) is 6.92 Å². The number of amides is 1. The number of piperazine rings is 1. The highest BCUT2D eigenvalue weighted by molar-refractivity contribution is 5.85. The van der Waals surface area contributed by atoms with Gasteiger partial charge in [-0.05, 0) is 24.6 Å². The van der Waals surface area contributed by atoms with E-state index in [1.165, 1.54) is 0 Å². The lowest BCUT2D eigenvalue weighted by Gasteiger charge is -2.35. The quantitative estimate of drug-likeness (QED) is 0.805. The topological polar surface area (TPSA) is 61.6 Å². The van der Waals surface area contributed by atoms with Crippen LogP contribution >= 0.6 is 24.8 Å². The first-order valence-electron chi connectivity index (χ1n) is 8.43. The summed E-state index contributed by atoms with van der Waals surface area (Å²) in [5.74, 6) is -3.04. The summed E-state index contributed by atoms with van der Waals surface area (Å²) in [6, 6.07) is 5.59. The lowest BCUT2D eigenvalue weighted by molar-refractivity contribution is -0.134. The van der Waals surface area contributed by atoms with Gasteiger partial charge in [-0.25, -0.2) is 8.78 Å². The number of oxazole rings is 1. The summed E-state index contributed by atoms with van der Waals surface area (Å²) >= 11 is 0. The van der Waals surface area contributed by atoms with Gasteiger partial charge >= 0.3 is 0 Å². The Morgan fingerprint density at radius 1 is 1.26 bits per heavy atom. The van der Waals surface area contributed by atoms with E-state index in [2.05, 4.69) is 10.3 Å². The number of benzene rings is 1. The van der Waals surface area contributed by atoms with Gasteiger partial charge in [-0.15, -0.1) is 24.8 Å². The predicted molar refractivity (Wildman–Crippen MR) is 103 cm³/mol. The van der Waals surface area contributed by atoms with Gasteiger partial charge in [-0.1, -0.05) is 6.07 Å². The minimum atomic E-state index is -2.79. The van der Waals surface area contributed by atoms with Crippen molar-refractivity contribution in [2.24, 2.45) is 0 Å². The molecule has 10 heteroatoms. The molecule has 6 nitrogen and oxygen atoms in total. The van der Waals surface area contributed by atoms with Gasteiger partial charge in [0.25, 0.3) is 11.9 Å². The maximum absolute atomic E-state index is 13.3. The molecule has 2 fully saturated rings. The van der Waals surface area contributed by atoms with E-state index in [9.17, 15) is 13.6 Å². The van der Waals surface area contributed by atoms with Crippen LogP contribution in [0.1, 0.15) is 12.0 Å². The number of anilines is 1. The Hall–Kier alpha value is -1.64. The number of rotatable bonds is 2. The van der Waals surface area contributed by atoms with Crippen LogP contribution in [0.5, 0.6) is 0 Å². The lowest BCUT2D eigenvalue weighted by atomic mass is 10.1. The van der Waals surface area contributed by atoms with E-state index in [4.69, 9.17) is 4.42 Å². The molecule has 0 saturated carbocycles. The van der Waals surface area contributed by atoms with Crippen LogP contribution in [-0.2, 0) is 4.79 Å². The van der Waals surface area contributed by atoms with Gasteiger partial charge in [0, 0.05) is 32.6 Å². The summed E-state index contributed by atoms with van der Waals surface area (Å²) in [7, 11) is 0. The summed E-state index contributed by atoms with van der Waals surface area (Å²) in [6.07, 6.45) is -0.420. The molecule has 4 rings (SSSR count). The van der Waals surface area contributed by atoms with Gasteiger partial charge in [-0.3, -0.25) is 10.1 Å². The van der Waals surface area contributed by atoms with Gasteiger partial charge < -0.3 is 14.2 Å². The minimum absolute atomic E-state index is 0. The van der Waals surface area contributed by atoms with Crippen molar-refractivity contribution in [3.8, 4) is 0 Å². The molecule has 1 amide bonds. The summed E-state index contributed by atoms with van der Waals surface area (Å²) in [5.41, 5.74) is 2.66. The monoisotopic (exact) mass is 422 g/mol. The number of carbonyl (C=O) groups excluding carboxylic acids is 1. The van der Waals surface area contributed by atoms with Crippen LogP contribution in [0.4, 0.5) is 14.8 Å². The number of nitrogens with zero attached hydrogens (tertiary/aromatic N) is 3. The molecule has 1 unspecified atom stereocenters. The fourth-order valence-electron chi connectivity index (χ4n) is 3.39. The molecule has 3 heterocycles. The van der Waals surface area contributed by atoms with E-state index in [-0.39, 0.29) is 30.7 Å². The lowest BCUT2D eigenvalue weighted by Crippen LogP contribution is -2.53. The summed E-state index contributed by atoms with van der Waals surface area (Å²) < 4.78 is 32.3. The van der Waals surface area contributed by atoms with Gasteiger partial charge in [-0.2, -0.15) is 4.98 Å². The highest BCUT2D eigenvalue weighted by Crippen LogP contribution is 2.27. The third-order valence-corrected chi connectivity index (χ3v) is 4.80. The predicted octanol–water partition coefficient (Wildman–Crippen LogP) is 2.63. The molecule has 0 spiro atoms. The molecule has 0 aliphatic carbocycles. The number of hydrogen-bond donors (Lipinski definition) is 1. The molecule has 150 valence electrons. The van der Waals surface area contributed by atoms with Crippen LogP contribution in [0.25, 0.3) is 11.1 Å². The van der Waals surface area contributed by atoms with Crippen LogP contribution in [0.3, 0.4) is 0 Å². The van der Waals surface area contributed by atoms with Gasteiger partial charge in [0.05, 0.1) is 12.6 Å². The number of alkyl halides is 2. The maximum Gasteiger partial charge on any atom is 0.298 e. The van der Waals surface area contributed by atoms with Gasteiger partial charge in [0.15, 0.2) is 5.58 Å². The Labute approximate surface area is 168 Å². The molecule has 1 aromatic carbocycles. The number of hydrogen-bond acceptors (Lipinski definition) is 5. The van der Waals surface area contributed by atoms with Crippen molar-refractivity contribution >= 4 is 47.8 Å². The van der Waals surface area contributed by atoms with Crippen LogP contribution in [0.15, 0.2) is 22.6 Å². The molecule has 1 atom stereocenters. The van der Waals surface area contributed by atoms with E-state index in [1.807, 2.05) is 30.0 Å². The molecule has 2 aliphatic heterocycles. The largest absolute Gasteiger partial charge is 0.423 e. The van der Waals surface area contributed by atoms with Gasteiger partial charge in [0.2, 0.25) is 5.91 Å². The zero-order valence-corrected chi connectivity index (χ0v) is 16.4. The smallest absolute Gasteiger partial charge is 0.298 e. The molecule has 1 N–H and O–H groups in total. The SMILES string of the molecule is Cc1ccc2oc(N3CCN(C(=O)C4CC(F)(F)CN4)CC3)nc2c1.Cl.Cl. The van der Waals surface area contributed by atoms with Crippen molar-refractivity contribution in [3.05, 3.63) is 23.8 Å². The van der Waals surface area contributed by atoms with Crippen molar-refractivity contribution in [2.45, 2.75) is 25.3 Å². The minimum Gasteiger partial charge on any atom is -0.423 e. The molecule has 2 aromatic rings. The zero-order chi connectivity index (χ0) is 17.6. The molecule has 2 aliphatic rings. The molecule has 0 bridgehead atoms. The third kappa shape index (κ3) is 4.44. The first-order valence-corrected chi connectivity index (χ1v) is 8.43. The second-order valence-corrected chi connectivity index (χ2v) is 6.77. The van der Waals surface area contributed by atoms with Crippen molar-refractivity contribution in [1.29, 1.82) is 0 Å². The number of aryl methyl sites for hydroxylation is 1. The summed E-state index contributed by atoms with van der Waals surface area (Å²) in [6.45, 7) is 3.66. The first-order chi connectivity index (χ1) is 11.9. The van der Waals surface area contributed by atoms with Crippen LogP contribution in [-0.4, -0.2) is 60.5 Å². The Kier molecular flexibility index (Phi) is 6.55. The van der Waals surface area contributed by atoms with Gasteiger partial charge in [0.1, 0.15) is 5.52 Å². The standard InChI is InChI=1S/C17H20F2N4O2.2ClH/c1-11-2-3-14-12(8-11)21-16(25-14)23-6-4-22(5-7-23)15(24)13-9-17(18,19)10-20-13;;/h2-3,8,13,20H,4-7,9-10H2,1H3;2*1H. The molecule has 27 heavy (non-hydrogen) atoms. The Balaban J connectivity index is 0.00000131. The highest BCUT2D eigenvalue weighted by Gasteiger charge is 2.43. The molecular formula is C17H22Cl2F2N4O2. The Bertz CT molecular complexity index is 809. The third-order valence-electron chi connectivity index (χ3n) is 4.80. The number of halogens is 4. The highest BCUT2D eigenvalue weighted by atomic mass is 35.5. The average Bonchev–Trinajstić information content (AvgIpc) is 3.17. The van der Waals surface area contributed by atoms with E-state index in [1.54, 1.807) is 4.90 Å². The first kappa shape index (κ1) is 21.7. The second kappa shape index (κ2) is 8.16. The number of nitrogens with one attached hydrogen (secondary N) is 1. The van der Waals surface area contributed by atoms with Crippen molar-refractivity contribution in [3.63, 3.8) is 0 Å². The van der Waals surface area contributed by atoms with Crippen molar-refractivity contribution in [1.82, 2.24) is 15.2 Å². The van der Waals surface area contributed by atoms with E-state index in [0.717, 1.165) is 16.7 Å². The summed E-state index contributed by atoms with van der Waals surface area (Å²) in [5, 5.41) is 2.62. The maximum atomic E-state index is 13.3. The zero-order valence-electron chi connectivity index (χ0n) is 14.8. The average molecular weight is 423 g/mol. The summed E-state index contributed by atoms with van der Waals surface area (Å²) in [4.78, 5) is 20.5. The molecule has 2 saturated heterocycles. The van der Waals surface area contributed by atoms with E-state index < -0.39 is 24.9 Å². The molecular weight excluding hydrogens is 401 g/mol. The fourth-order valence-corrected chi connectivity index (χ4v) is 3.39. The number of aromatic nitrogens is 1. The molecule has 1 aromatic heterocycles. The van der Waals surface area contributed by atoms with Crippen LogP contribution in [0.2, 0.25) is 0 Å². The van der Waals surface area contributed by atoms with Crippen molar-refractivity contribution in [2.75, 3.05) is 37.6 Å². The fraction of sp³-hybridized carbons (Fsp3) is 0.529. The Morgan fingerprint density at radius 2 is 1.96 bits per heavy atom. The number of carbonyl (C=O) groups is 1. The Morgan fingerprint density at radius 3 is 2.59 bits per heavy atom. The normalized spacial score (nSPS) is 21.7. The molecule has 0 radical (unpaired) electrons. The number of fused-ring (bicyclic) bond motifs is 1. The van der Waals surface area contributed by atoms with Crippen molar-refractivity contribution < 1.29 is 18.0 Å². The van der Waals surface area contributed by atoms with E-state index >= 15 is 0 Å².